The molecule has 0 saturated heterocycles. The molecule has 19 heavy (non-hydrogen) atoms. The number of hydrogen-bond donors (Lipinski definition) is 0. The molecule has 0 radical (unpaired) electrons. The van der Waals surface area contributed by atoms with Crippen molar-refractivity contribution in [3.8, 4) is 5.69 Å². The molecule has 0 aliphatic rings. The van der Waals surface area contributed by atoms with Crippen LogP contribution in [0.4, 0.5) is 13.2 Å². The number of rotatable bonds is 4. The summed E-state index contributed by atoms with van der Waals surface area (Å²) >= 11 is 3.01. The highest BCUT2D eigenvalue weighted by Gasteiger charge is 2.33. The van der Waals surface area contributed by atoms with E-state index in [2.05, 4.69) is 30.7 Å². The molecule has 1 atom stereocenters. The van der Waals surface area contributed by atoms with Gasteiger partial charge in [-0.25, -0.2) is 9.67 Å². The quantitative estimate of drug-likeness (QED) is 0.805. The Morgan fingerprint density at radius 1 is 1.26 bits per heavy atom. The van der Waals surface area contributed by atoms with Gasteiger partial charge in [-0.2, -0.15) is 5.10 Å². The number of hydrogen-bond acceptors (Lipinski definition) is 3. The predicted molar refractivity (Wildman–Crippen MR) is 65.0 cm³/mol. The minimum absolute atomic E-state index is 0.0508. The van der Waals surface area contributed by atoms with Gasteiger partial charge >= 0.3 is 6.36 Å². The van der Waals surface area contributed by atoms with Crippen LogP contribution in [0.3, 0.4) is 0 Å². The summed E-state index contributed by atoms with van der Waals surface area (Å²) in [6, 6.07) is 6.43. The Labute approximate surface area is 115 Å². The Bertz CT molecular complexity index is 513. The van der Waals surface area contributed by atoms with Crippen LogP contribution in [-0.4, -0.2) is 26.5 Å². The lowest BCUT2D eigenvalue weighted by Crippen LogP contribution is -2.19. The van der Waals surface area contributed by atoms with Gasteiger partial charge in [-0.15, -0.1) is 13.2 Å². The normalized spacial score (nSPS) is 13.5. The zero-order valence-electron chi connectivity index (χ0n) is 9.51. The lowest BCUT2D eigenvalue weighted by Gasteiger charge is -2.17. The molecule has 1 aromatic carbocycles. The van der Waals surface area contributed by atoms with E-state index in [-0.39, 0.29) is 5.33 Å². The highest BCUT2D eigenvalue weighted by atomic mass is 79.9. The van der Waals surface area contributed by atoms with Gasteiger partial charge in [0.25, 0.3) is 0 Å². The van der Waals surface area contributed by atoms with E-state index in [9.17, 15) is 13.2 Å². The third kappa shape index (κ3) is 3.77. The zero-order chi connectivity index (χ0) is 13.9. The largest absolute Gasteiger partial charge is 0.523 e. The first-order valence-corrected chi connectivity index (χ1v) is 6.37. The monoisotopic (exact) mass is 335 g/mol. The number of ether oxygens (including phenoxy) is 1. The number of halogens is 4. The molecule has 1 aromatic heterocycles. The number of alkyl halides is 4. The van der Waals surface area contributed by atoms with Gasteiger partial charge in [0.1, 0.15) is 18.8 Å². The second-order valence-electron chi connectivity index (χ2n) is 3.64. The van der Waals surface area contributed by atoms with Crippen LogP contribution >= 0.6 is 15.9 Å². The van der Waals surface area contributed by atoms with Crippen LogP contribution in [0.15, 0.2) is 36.9 Å². The Morgan fingerprint density at radius 3 is 2.42 bits per heavy atom. The second-order valence-corrected chi connectivity index (χ2v) is 4.29. The summed E-state index contributed by atoms with van der Waals surface area (Å²) in [4.78, 5) is 3.79. The van der Waals surface area contributed by atoms with Crippen LogP contribution < -0.4 is 0 Å². The molecule has 4 nitrogen and oxygen atoms in total. The van der Waals surface area contributed by atoms with Crippen LogP contribution in [0.1, 0.15) is 11.7 Å². The van der Waals surface area contributed by atoms with Crippen molar-refractivity contribution < 1.29 is 17.9 Å². The molecule has 2 rings (SSSR count). The molecule has 0 aliphatic carbocycles. The summed E-state index contributed by atoms with van der Waals surface area (Å²) in [5.74, 6) is 0. The van der Waals surface area contributed by atoms with Crippen molar-refractivity contribution in [3.05, 3.63) is 42.5 Å². The second kappa shape index (κ2) is 5.70. The highest BCUT2D eigenvalue weighted by molar-refractivity contribution is 9.09. The summed E-state index contributed by atoms with van der Waals surface area (Å²) in [7, 11) is 0. The molecule has 1 heterocycles. The van der Waals surface area contributed by atoms with Crippen molar-refractivity contribution in [1.29, 1.82) is 0 Å². The maximum Gasteiger partial charge on any atom is 0.523 e. The van der Waals surface area contributed by atoms with E-state index in [0.717, 1.165) is 0 Å². The maximum atomic E-state index is 12.2. The first-order valence-electron chi connectivity index (χ1n) is 5.25. The summed E-state index contributed by atoms with van der Waals surface area (Å²) in [6.45, 7) is 0. The molecular formula is C11H9BrF3N3O. The fraction of sp³-hybridized carbons (Fsp3) is 0.273. The van der Waals surface area contributed by atoms with Crippen LogP contribution in [0, 0.1) is 0 Å². The van der Waals surface area contributed by atoms with E-state index in [1.54, 1.807) is 24.3 Å². The van der Waals surface area contributed by atoms with Crippen molar-refractivity contribution >= 4 is 15.9 Å². The Kier molecular flexibility index (Phi) is 4.20. The van der Waals surface area contributed by atoms with Gasteiger partial charge in [-0.1, -0.05) is 28.1 Å². The maximum absolute atomic E-state index is 12.2. The van der Waals surface area contributed by atoms with Crippen molar-refractivity contribution in [3.63, 3.8) is 0 Å². The van der Waals surface area contributed by atoms with Crippen LogP contribution in [0.2, 0.25) is 0 Å². The topological polar surface area (TPSA) is 39.9 Å². The first-order chi connectivity index (χ1) is 8.99. The van der Waals surface area contributed by atoms with Crippen molar-refractivity contribution in [2.24, 2.45) is 0 Å². The van der Waals surface area contributed by atoms with E-state index in [1.807, 2.05) is 0 Å². The fourth-order valence-electron chi connectivity index (χ4n) is 1.53. The summed E-state index contributed by atoms with van der Waals surface area (Å²) in [5, 5.41) is 3.98. The molecule has 8 heteroatoms. The number of nitrogens with zero attached hydrogens (tertiary/aromatic N) is 3. The molecule has 0 N–H and O–H groups in total. The smallest absolute Gasteiger partial charge is 0.283 e. The van der Waals surface area contributed by atoms with Crippen molar-refractivity contribution in [1.82, 2.24) is 14.8 Å². The Morgan fingerprint density at radius 2 is 1.95 bits per heavy atom. The molecular weight excluding hydrogens is 327 g/mol. The summed E-state index contributed by atoms with van der Waals surface area (Å²) in [6.07, 6.45) is -2.86. The Balaban J connectivity index is 2.17. The lowest BCUT2D eigenvalue weighted by atomic mass is 10.1. The van der Waals surface area contributed by atoms with E-state index >= 15 is 0 Å². The molecule has 0 spiro atoms. The fourth-order valence-corrected chi connectivity index (χ4v) is 2.04. The van der Waals surface area contributed by atoms with Crippen LogP contribution in [0.25, 0.3) is 5.69 Å². The van der Waals surface area contributed by atoms with E-state index < -0.39 is 12.5 Å². The molecule has 0 aliphatic heterocycles. The van der Waals surface area contributed by atoms with E-state index in [1.165, 1.54) is 17.3 Å². The predicted octanol–water partition coefficient (Wildman–Crippen LogP) is 3.24. The van der Waals surface area contributed by atoms with Gasteiger partial charge in [-0.3, -0.25) is 4.74 Å². The molecule has 0 fully saturated rings. The summed E-state index contributed by atoms with van der Waals surface area (Å²) < 4.78 is 42.2. The van der Waals surface area contributed by atoms with E-state index in [0.29, 0.717) is 11.3 Å². The number of aromatic nitrogens is 3. The van der Waals surface area contributed by atoms with Crippen LogP contribution in [-0.2, 0) is 4.74 Å². The van der Waals surface area contributed by atoms with Gasteiger partial charge < -0.3 is 0 Å². The molecule has 0 bridgehead atoms. The Hall–Kier alpha value is -1.41. The molecule has 0 saturated carbocycles. The minimum atomic E-state index is -4.66. The van der Waals surface area contributed by atoms with Gasteiger partial charge in [0.15, 0.2) is 0 Å². The zero-order valence-corrected chi connectivity index (χ0v) is 11.1. The van der Waals surface area contributed by atoms with Crippen molar-refractivity contribution in [2.75, 3.05) is 5.33 Å². The average molecular weight is 336 g/mol. The van der Waals surface area contributed by atoms with Gasteiger partial charge in [-0.05, 0) is 17.7 Å². The molecule has 1 unspecified atom stereocenters. The van der Waals surface area contributed by atoms with Crippen LogP contribution in [0.5, 0.6) is 0 Å². The van der Waals surface area contributed by atoms with Gasteiger partial charge in [0, 0.05) is 5.33 Å². The average Bonchev–Trinajstić information content (AvgIpc) is 2.89. The first kappa shape index (κ1) is 14.0. The standard InChI is InChI=1S/C11H9BrF3N3O/c12-5-10(19-11(13,14)15)8-1-3-9(4-2-8)18-7-16-6-17-18/h1-4,6-7,10H,5H2. The van der Waals surface area contributed by atoms with Gasteiger partial charge in [0.05, 0.1) is 5.69 Å². The van der Waals surface area contributed by atoms with Crippen molar-refractivity contribution in [2.45, 2.75) is 12.5 Å². The molecule has 102 valence electrons. The van der Waals surface area contributed by atoms with E-state index in [4.69, 9.17) is 0 Å². The number of benzene rings is 1. The SMILES string of the molecule is FC(F)(F)OC(CBr)c1ccc(-n2cncn2)cc1. The third-order valence-electron chi connectivity index (χ3n) is 2.36. The molecule has 2 aromatic rings. The highest BCUT2D eigenvalue weighted by Crippen LogP contribution is 2.29. The minimum Gasteiger partial charge on any atom is -0.283 e. The van der Waals surface area contributed by atoms with Gasteiger partial charge in [0.2, 0.25) is 0 Å². The third-order valence-corrected chi connectivity index (χ3v) is 2.95. The lowest BCUT2D eigenvalue weighted by molar-refractivity contribution is -0.341. The molecule has 0 amide bonds. The summed E-state index contributed by atoms with van der Waals surface area (Å²) in [5.41, 5.74) is 1.14.